The van der Waals surface area contributed by atoms with Gasteiger partial charge in [-0.25, -0.2) is 0 Å². The number of para-hydroxylation sites is 1. The number of halogens is 2. The van der Waals surface area contributed by atoms with Crippen molar-refractivity contribution >= 4 is 45.8 Å². The van der Waals surface area contributed by atoms with Crippen LogP contribution in [0.25, 0.3) is 0 Å². The second-order valence-electron chi connectivity index (χ2n) is 3.87. The average Bonchev–Trinajstić information content (AvgIpc) is 2.34. The second-order valence-corrected chi connectivity index (χ2v) is 5.44. The minimum atomic E-state index is -0.142. The molecule has 0 radical (unpaired) electrons. The van der Waals surface area contributed by atoms with E-state index in [0.717, 1.165) is 9.13 Å². The normalized spacial score (nSPS) is 10.2. The van der Waals surface area contributed by atoms with Crippen LogP contribution in [-0.4, -0.2) is 5.91 Å². The summed E-state index contributed by atoms with van der Waals surface area (Å²) in [6, 6.07) is 13.0. The highest BCUT2D eigenvalue weighted by Gasteiger charge is 2.12. The zero-order valence-electron chi connectivity index (χ0n) is 9.71. The van der Waals surface area contributed by atoms with Gasteiger partial charge in [-0.3, -0.25) is 4.79 Å². The molecule has 0 saturated carbocycles. The van der Waals surface area contributed by atoms with Crippen molar-refractivity contribution < 1.29 is 4.79 Å². The van der Waals surface area contributed by atoms with Crippen LogP contribution >= 0.6 is 34.2 Å². The van der Waals surface area contributed by atoms with Gasteiger partial charge < -0.3 is 5.32 Å². The maximum atomic E-state index is 12.2. The quantitative estimate of drug-likeness (QED) is 0.774. The van der Waals surface area contributed by atoms with E-state index in [9.17, 15) is 4.79 Å². The third-order valence-corrected chi connectivity index (χ3v) is 3.83. The van der Waals surface area contributed by atoms with Crippen LogP contribution in [0.2, 0.25) is 5.02 Å². The minimum absolute atomic E-state index is 0.142. The van der Waals surface area contributed by atoms with Gasteiger partial charge in [0.15, 0.2) is 0 Å². The van der Waals surface area contributed by atoms with Crippen molar-refractivity contribution in [2.75, 3.05) is 5.32 Å². The average molecular weight is 372 g/mol. The molecule has 2 aromatic rings. The van der Waals surface area contributed by atoms with Crippen LogP contribution in [0.4, 0.5) is 5.69 Å². The van der Waals surface area contributed by atoms with Crippen LogP contribution in [0.3, 0.4) is 0 Å². The summed E-state index contributed by atoms with van der Waals surface area (Å²) in [6.45, 7) is 1.91. The monoisotopic (exact) mass is 371 g/mol. The summed E-state index contributed by atoms with van der Waals surface area (Å²) < 4.78 is 0.914. The van der Waals surface area contributed by atoms with E-state index in [1.54, 1.807) is 12.1 Å². The van der Waals surface area contributed by atoms with Gasteiger partial charge in [-0.2, -0.15) is 0 Å². The Labute approximate surface area is 124 Å². The van der Waals surface area contributed by atoms with Gasteiger partial charge in [0.25, 0.3) is 5.91 Å². The number of aryl methyl sites for hydroxylation is 1. The molecule has 1 amide bonds. The van der Waals surface area contributed by atoms with E-state index >= 15 is 0 Å². The molecule has 0 aliphatic heterocycles. The Hall–Kier alpha value is -1.07. The number of hydrogen-bond donors (Lipinski definition) is 1. The first kappa shape index (κ1) is 13.4. The van der Waals surface area contributed by atoms with Crippen molar-refractivity contribution in [3.05, 3.63) is 62.2 Å². The molecule has 4 heteroatoms. The predicted molar refractivity (Wildman–Crippen MR) is 83.3 cm³/mol. The van der Waals surface area contributed by atoms with Crippen LogP contribution in [0.5, 0.6) is 0 Å². The Morgan fingerprint density at radius 2 is 1.89 bits per heavy atom. The first-order chi connectivity index (χ1) is 8.59. The van der Waals surface area contributed by atoms with Crippen LogP contribution in [0, 0.1) is 10.5 Å². The van der Waals surface area contributed by atoms with Gasteiger partial charge >= 0.3 is 0 Å². The molecule has 2 nitrogen and oxygen atoms in total. The maximum absolute atomic E-state index is 12.2. The first-order valence-electron chi connectivity index (χ1n) is 5.40. The summed E-state index contributed by atoms with van der Waals surface area (Å²) in [6.07, 6.45) is 0. The molecule has 0 aliphatic rings. The zero-order chi connectivity index (χ0) is 13.1. The number of hydrogen-bond acceptors (Lipinski definition) is 1. The van der Waals surface area contributed by atoms with E-state index in [4.69, 9.17) is 11.6 Å². The van der Waals surface area contributed by atoms with Crippen molar-refractivity contribution in [3.8, 4) is 0 Å². The Morgan fingerprint density at radius 1 is 1.17 bits per heavy atom. The van der Waals surface area contributed by atoms with E-state index in [2.05, 4.69) is 27.9 Å². The van der Waals surface area contributed by atoms with Gasteiger partial charge in [-0.15, -0.1) is 0 Å². The third-order valence-electron chi connectivity index (χ3n) is 2.58. The number of rotatable bonds is 2. The predicted octanol–water partition coefficient (Wildman–Crippen LogP) is 4.51. The van der Waals surface area contributed by atoms with Gasteiger partial charge in [0.1, 0.15) is 0 Å². The molecule has 2 rings (SSSR count). The number of carbonyl (C=O) groups is 1. The van der Waals surface area contributed by atoms with Crippen LogP contribution in [-0.2, 0) is 0 Å². The molecule has 0 bridgehead atoms. The van der Waals surface area contributed by atoms with Crippen molar-refractivity contribution in [1.82, 2.24) is 0 Å². The molecule has 0 saturated heterocycles. The highest BCUT2D eigenvalue weighted by molar-refractivity contribution is 14.1. The highest BCUT2D eigenvalue weighted by Crippen LogP contribution is 2.26. The molecular weight excluding hydrogens is 361 g/mol. The lowest BCUT2D eigenvalue weighted by molar-refractivity contribution is 0.102. The Kier molecular flexibility index (Phi) is 4.24. The molecule has 0 aromatic heterocycles. The maximum Gasteiger partial charge on any atom is 0.256 e. The number of nitrogens with one attached hydrogen (secondary N) is 1. The molecule has 0 fully saturated rings. The molecule has 0 heterocycles. The Morgan fingerprint density at radius 3 is 2.56 bits per heavy atom. The highest BCUT2D eigenvalue weighted by atomic mass is 127. The minimum Gasteiger partial charge on any atom is -0.320 e. The van der Waals surface area contributed by atoms with Gasteiger partial charge in [0.05, 0.1) is 16.3 Å². The molecule has 0 atom stereocenters. The molecule has 0 aliphatic carbocycles. The molecule has 2 aromatic carbocycles. The fourth-order valence-corrected chi connectivity index (χ4v) is 2.52. The van der Waals surface area contributed by atoms with Gasteiger partial charge in [-0.05, 0) is 53.3 Å². The summed E-state index contributed by atoms with van der Waals surface area (Å²) in [5.74, 6) is -0.142. The zero-order valence-corrected chi connectivity index (χ0v) is 12.6. The second kappa shape index (κ2) is 5.71. The van der Waals surface area contributed by atoms with Crippen molar-refractivity contribution in [3.63, 3.8) is 0 Å². The molecule has 1 N–H and O–H groups in total. The van der Waals surface area contributed by atoms with Gasteiger partial charge in [0, 0.05) is 3.57 Å². The lowest BCUT2D eigenvalue weighted by atomic mass is 10.1. The van der Waals surface area contributed by atoms with Crippen LogP contribution in [0.15, 0.2) is 42.5 Å². The van der Waals surface area contributed by atoms with Crippen LogP contribution in [0.1, 0.15) is 15.9 Å². The van der Waals surface area contributed by atoms with E-state index < -0.39 is 0 Å². The van der Waals surface area contributed by atoms with Crippen molar-refractivity contribution in [1.29, 1.82) is 0 Å². The number of anilines is 1. The molecule has 18 heavy (non-hydrogen) atoms. The summed E-state index contributed by atoms with van der Waals surface area (Å²) in [5.41, 5.74) is 2.27. The van der Waals surface area contributed by atoms with E-state index in [0.29, 0.717) is 16.3 Å². The third kappa shape index (κ3) is 2.84. The topological polar surface area (TPSA) is 29.1 Å². The molecule has 0 unspecified atom stereocenters. The Balaban J connectivity index is 2.30. The fourth-order valence-electron chi connectivity index (χ4n) is 1.62. The van der Waals surface area contributed by atoms with Crippen LogP contribution < -0.4 is 5.32 Å². The lowest BCUT2D eigenvalue weighted by Crippen LogP contribution is -2.14. The smallest absolute Gasteiger partial charge is 0.256 e. The summed E-state index contributed by atoms with van der Waals surface area (Å²) in [4.78, 5) is 12.2. The lowest BCUT2D eigenvalue weighted by Gasteiger charge is -2.11. The van der Waals surface area contributed by atoms with E-state index in [1.807, 2.05) is 37.3 Å². The van der Waals surface area contributed by atoms with Gasteiger partial charge in [-0.1, -0.05) is 35.9 Å². The first-order valence-corrected chi connectivity index (χ1v) is 6.86. The fraction of sp³-hybridized carbons (Fsp3) is 0.0714. The summed E-state index contributed by atoms with van der Waals surface area (Å²) in [7, 11) is 0. The van der Waals surface area contributed by atoms with E-state index in [1.165, 1.54) is 0 Å². The largest absolute Gasteiger partial charge is 0.320 e. The molecular formula is C14H11ClINO. The van der Waals surface area contributed by atoms with Crippen molar-refractivity contribution in [2.24, 2.45) is 0 Å². The number of carbonyl (C=O) groups excluding carboxylic acids is 1. The molecule has 92 valence electrons. The Bertz CT molecular complexity index is 578. The SMILES string of the molecule is Cc1cccc(Cl)c1NC(=O)c1ccccc1I. The summed E-state index contributed by atoms with van der Waals surface area (Å²) >= 11 is 8.23. The standard InChI is InChI=1S/C14H11ClINO/c1-9-5-4-7-11(15)13(9)17-14(18)10-6-2-3-8-12(10)16/h2-8H,1H3,(H,17,18). The van der Waals surface area contributed by atoms with E-state index in [-0.39, 0.29) is 5.91 Å². The molecule has 0 spiro atoms. The van der Waals surface area contributed by atoms with Crippen molar-refractivity contribution in [2.45, 2.75) is 6.92 Å². The number of amides is 1. The summed E-state index contributed by atoms with van der Waals surface area (Å²) in [5, 5.41) is 3.41. The van der Waals surface area contributed by atoms with Gasteiger partial charge in [0.2, 0.25) is 0 Å². The number of benzene rings is 2.